The summed E-state index contributed by atoms with van der Waals surface area (Å²) in [4.78, 5) is 16.4. The Hall–Kier alpha value is -3.53. The summed E-state index contributed by atoms with van der Waals surface area (Å²) in [7, 11) is 0. The molecule has 7 nitrogen and oxygen atoms in total. The zero-order chi connectivity index (χ0) is 29.3. The van der Waals surface area contributed by atoms with Crippen LogP contribution < -0.4 is 5.32 Å². The van der Waals surface area contributed by atoms with E-state index in [0.29, 0.717) is 17.9 Å². The van der Waals surface area contributed by atoms with Crippen LogP contribution in [0.2, 0.25) is 0 Å². The molecule has 4 unspecified atom stereocenters. The van der Waals surface area contributed by atoms with Crippen molar-refractivity contribution in [3.63, 3.8) is 0 Å². The van der Waals surface area contributed by atoms with Crippen molar-refractivity contribution < 1.29 is 24.5 Å². The normalized spacial score (nSPS) is 20.3. The summed E-state index contributed by atoms with van der Waals surface area (Å²) < 4.78 is 13.0. The Balaban J connectivity index is 1.30. The second-order valence-electron chi connectivity index (χ2n) is 10.4. The Morgan fingerprint density at radius 2 is 1.69 bits per heavy atom. The average molecular weight is 585 g/mol. The Labute approximate surface area is 250 Å². The molecule has 0 spiro atoms. The van der Waals surface area contributed by atoms with Gasteiger partial charge in [-0.1, -0.05) is 73.7 Å². The van der Waals surface area contributed by atoms with Crippen LogP contribution in [0.25, 0.3) is 11.1 Å². The largest absolute Gasteiger partial charge is 0.396 e. The van der Waals surface area contributed by atoms with Gasteiger partial charge in [-0.25, -0.2) is 0 Å². The Morgan fingerprint density at radius 1 is 0.905 bits per heavy atom. The number of carbonyl (C=O) groups is 1. The number of rotatable bonds is 11. The molecule has 0 radical (unpaired) electrons. The van der Waals surface area contributed by atoms with E-state index in [-0.39, 0.29) is 37.2 Å². The van der Waals surface area contributed by atoms with E-state index < -0.39 is 6.29 Å². The maximum Gasteiger partial charge on any atom is 0.253 e. The number of amides is 1. The number of nitrogens with zero attached hydrogens (tertiary/aromatic N) is 1. The molecule has 3 aromatic carbocycles. The van der Waals surface area contributed by atoms with Crippen LogP contribution in [0.1, 0.15) is 51.9 Å². The summed E-state index contributed by atoms with van der Waals surface area (Å²) in [6.45, 7) is 2.69. The van der Waals surface area contributed by atoms with Gasteiger partial charge in [-0.05, 0) is 46.0 Å². The fourth-order valence-corrected chi connectivity index (χ4v) is 5.96. The molecule has 5 rings (SSSR count). The van der Waals surface area contributed by atoms with E-state index in [1.807, 2.05) is 48.5 Å². The highest BCUT2D eigenvalue weighted by molar-refractivity contribution is 7.99. The smallest absolute Gasteiger partial charge is 0.253 e. The first kappa shape index (κ1) is 29.9. The van der Waals surface area contributed by atoms with Crippen molar-refractivity contribution in [3.05, 3.63) is 125 Å². The number of aliphatic hydroxyl groups is 2. The first-order valence-electron chi connectivity index (χ1n) is 14.1. The standard InChI is InChI=1S/C34H36N2O5S/c1-23-31(22-42-17-16-37)40-34(41-32(23)27-9-7-24(21-38)8-10-27)28-13-11-26(12-14-28)29-5-2-4-25(18-29)19-36-33(39)30-6-3-15-35-20-30/h2-15,18,20,23,31-32,34,37-38H,16-17,19,21-22H2,1H3,(H,36,39). The molecule has 218 valence electrons. The maximum atomic E-state index is 12.4. The molecular weight excluding hydrogens is 548 g/mol. The number of carbonyl (C=O) groups excluding carboxylic acids is 1. The number of nitrogens with one attached hydrogen (secondary N) is 1. The van der Waals surface area contributed by atoms with Crippen LogP contribution in [-0.4, -0.2) is 45.3 Å². The van der Waals surface area contributed by atoms with Gasteiger partial charge in [0.1, 0.15) is 0 Å². The zero-order valence-electron chi connectivity index (χ0n) is 23.6. The van der Waals surface area contributed by atoms with E-state index in [4.69, 9.17) is 9.47 Å². The lowest BCUT2D eigenvalue weighted by Crippen LogP contribution is -2.38. The van der Waals surface area contributed by atoms with Crippen LogP contribution in [0, 0.1) is 5.92 Å². The molecule has 42 heavy (non-hydrogen) atoms. The molecule has 0 bridgehead atoms. The van der Waals surface area contributed by atoms with E-state index in [1.165, 1.54) is 0 Å². The number of pyridine rings is 1. The van der Waals surface area contributed by atoms with Crippen LogP contribution in [0.5, 0.6) is 0 Å². The van der Waals surface area contributed by atoms with E-state index >= 15 is 0 Å². The van der Waals surface area contributed by atoms with Gasteiger partial charge in [0.2, 0.25) is 0 Å². The maximum absolute atomic E-state index is 12.4. The van der Waals surface area contributed by atoms with E-state index in [0.717, 1.165) is 39.1 Å². The number of hydrogen-bond acceptors (Lipinski definition) is 7. The minimum absolute atomic E-state index is 0.00279. The second-order valence-corrected chi connectivity index (χ2v) is 11.5. The second kappa shape index (κ2) is 14.6. The third-order valence-electron chi connectivity index (χ3n) is 7.46. The predicted octanol–water partition coefficient (Wildman–Crippen LogP) is 5.69. The number of aliphatic hydroxyl groups excluding tert-OH is 2. The van der Waals surface area contributed by atoms with Crippen molar-refractivity contribution in [1.82, 2.24) is 10.3 Å². The van der Waals surface area contributed by atoms with Crippen LogP contribution >= 0.6 is 11.8 Å². The first-order chi connectivity index (χ1) is 20.6. The van der Waals surface area contributed by atoms with Gasteiger partial charge in [0.25, 0.3) is 5.91 Å². The van der Waals surface area contributed by atoms with Gasteiger partial charge < -0.3 is 25.0 Å². The molecule has 3 N–H and O–H groups in total. The molecule has 1 aliphatic rings. The summed E-state index contributed by atoms with van der Waals surface area (Å²) in [6, 6.07) is 27.7. The van der Waals surface area contributed by atoms with Gasteiger partial charge in [0.15, 0.2) is 6.29 Å². The Morgan fingerprint density at radius 3 is 2.40 bits per heavy atom. The molecular formula is C34H36N2O5S. The van der Waals surface area contributed by atoms with Crippen molar-refractivity contribution in [2.24, 2.45) is 5.92 Å². The average Bonchev–Trinajstić information content (AvgIpc) is 3.05. The van der Waals surface area contributed by atoms with E-state index in [2.05, 4.69) is 41.5 Å². The molecule has 1 amide bonds. The number of benzene rings is 3. The molecule has 8 heteroatoms. The van der Waals surface area contributed by atoms with Crippen molar-refractivity contribution in [2.45, 2.75) is 38.6 Å². The molecule has 0 aliphatic carbocycles. The highest BCUT2D eigenvalue weighted by Crippen LogP contribution is 2.42. The van der Waals surface area contributed by atoms with Gasteiger partial charge in [0.05, 0.1) is 31.0 Å². The number of hydrogen-bond donors (Lipinski definition) is 3. The van der Waals surface area contributed by atoms with E-state index in [1.54, 1.807) is 36.3 Å². The molecule has 1 aliphatic heterocycles. The summed E-state index contributed by atoms with van der Waals surface area (Å²) >= 11 is 1.68. The Kier molecular flexibility index (Phi) is 10.4. The van der Waals surface area contributed by atoms with Crippen molar-refractivity contribution in [2.75, 3.05) is 18.1 Å². The Bertz CT molecular complexity index is 1430. The quantitative estimate of drug-likeness (QED) is 0.195. The summed E-state index contributed by atoms with van der Waals surface area (Å²) in [5, 5.41) is 21.7. The number of ether oxygens (including phenoxy) is 2. The minimum Gasteiger partial charge on any atom is -0.396 e. The summed E-state index contributed by atoms with van der Waals surface area (Å²) in [6.07, 6.45) is 2.44. The van der Waals surface area contributed by atoms with Gasteiger partial charge in [-0.15, -0.1) is 0 Å². The molecule has 4 aromatic rings. The SMILES string of the molecule is CC1C(CSCCO)OC(c2ccc(-c3cccc(CNC(=O)c4cccnc4)c3)cc2)OC1c1ccc(CO)cc1. The summed E-state index contributed by atoms with van der Waals surface area (Å²) in [5.74, 6) is 1.37. The van der Waals surface area contributed by atoms with Gasteiger partial charge in [-0.2, -0.15) is 11.8 Å². The number of aromatic nitrogens is 1. The molecule has 1 fully saturated rings. The molecule has 1 aromatic heterocycles. The van der Waals surface area contributed by atoms with Crippen molar-refractivity contribution in [1.29, 1.82) is 0 Å². The first-order valence-corrected chi connectivity index (χ1v) is 15.3. The lowest BCUT2D eigenvalue weighted by atomic mass is 9.91. The molecule has 0 saturated carbocycles. The molecule has 4 atom stereocenters. The van der Waals surface area contributed by atoms with Crippen LogP contribution in [0.15, 0.2) is 97.3 Å². The van der Waals surface area contributed by atoms with Gasteiger partial charge >= 0.3 is 0 Å². The summed E-state index contributed by atoms with van der Waals surface area (Å²) in [5.41, 5.74) is 6.47. The highest BCUT2D eigenvalue weighted by atomic mass is 32.2. The lowest BCUT2D eigenvalue weighted by molar-refractivity contribution is -0.268. The predicted molar refractivity (Wildman–Crippen MR) is 165 cm³/mol. The van der Waals surface area contributed by atoms with Crippen molar-refractivity contribution in [3.8, 4) is 11.1 Å². The fraction of sp³-hybridized carbons (Fsp3) is 0.294. The lowest BCUT2D eigenvalue weighted by Gasteiger charge is -2.41. The van der Waals surface area contributed by atoms with Gasteiger partial charge in [0, 0.05) is 41.9 Å². The fourth-order valence-electron chi connectivity index (χ4n) is 5.05. The highest BCUT2D eigenvalue weighted by Gasteiger charge is 2.38. The molecule has 2 heterocycles. The monoisotopic (exact) mass is 584 g/mol. The number of thioether (sulfide) groups is 1. The third-order valence-corrected chi connectivity index (χ3v) is 8.50. The van der Waals surface area contributed by atoms with Gasteiger partial charge in [-0.3, -0.25) is 9.78 Å². The van der Waals surface area contributed by atoms with Crippen molar-refractivity contribution >= 4 is 17.7 Å². The minimum atomic E-state index is -0.536. The zero-order valence-corrected chi connectivity index (χ0v) is 24.4. The molecule has 1 saturated heterocycles. The third kappa shape index (κ3) is 7.45. The van der Waals surface area contributed by atoms with E-state index in [9.17, 15) is 15.0 Å². The topological polar surface area (TPSA) is 101 Å². The van der Waals surface area contributed by atoms with Crippen LogP contribution in [0.4, 0.5) is 0 Å². The van der Waals surface area contributed by atoms with Crippen LogP contribution in [-0.2, 0) is 22.6 Å². The van der Waals surface area contributed by atoms with Crippen LogP contribution in [0.3, 0.4) is 0 Å².